The van der Waals surface area contributed by atoms with Crippen LogP contribution in [0.2, 0.25) is 0 Å². The van der Waals surface area contributed by atoms with Crippen LogP contribution in [0, 0.1) is 13.8 Å². The monoisotopic (exact) mass is 302 g/mol. The summed E-state index contributed by atoms with van der Waals surface area (Å²) in [5.74, 6) is -0.274. The van der Waals surface area contributed by atoms with Crippen LogP contribution in [-0.4, -0.2) is 16.7 Å². The fourth-order valence-corrected chi connectivity index (χ4v) is 3.37. The predicted molar refractivity (Wildman–Crippen MR) is 84.7 cm³/mol. The Morgan fingerprint density at radius 2 is 1.76 bits per heavy atom. The van der Waals surface area contributed by atoms with Crippen molar-refractivity contribution in [2.24, 2.45) is 5.73 Å². The van der Waals surface area contributed by atoms with Gasteiger partial charge in [0.15, 0.2) is 0 Å². The van der Waals surface area contributed by atoms with E-state index in [0.29, 0.717) is 10.6 Å². The van der Waals surface area contributed by atoms with E-state index in [4.69, 9.17) is 5.73 Å². The molecule has 4 nitrogen and oxygen atoms in total. The van der Waals surface area contributed by atoms with Gasteiger partial charge in [-0.25, -0.2) is 4.21 Å². The highest BCUT2D eigenvalue weighted by atomic mass is 32.2. The van der Waals surface area contributed by atoms with Crippen molar-refractivity contribution in [3.63, 3.8) is 0 Å². The molecule has 0 aliphatic carbocycles. The second kappa shape index (κ2) is 6.65. The van der Waals surface area contributed by atoms with Gasteiger partial charge in [-0.15, -0.1) is 0 Å². The van der Waals surface area contributed by atoms with Gasteiger partial charge in [0.1, 0.15) is 0 Å². The Bertz CT molecular complexity index is 678. The third-order valence-electron chi connectivity index (χ3n) is 2.93. The lowest BCUT2D eigenvalue weighted by atomic mass is 10.2. The first-order chi connectivity index (χ1) is 9.99. The molecular weight excluding hydrogens is 284 g/mol. The highest BCUT2D eigenvalue weighted by molar-refractivity contribution is 7.85. The first-order valence-corrected chi connectivity index (χ1v) is 7.74. The van der Waals surface area contributed by atoms with Crippen LogP contribution in [-0.2, 0) is 15.6 Å². The van der Waals surface area contributed by atoms with Crippen molar-refractivity contribution in [1.29, 1.82) is 0 Å². The van der Waals surface area contributed by atoms with E-state index in [-0.39, 0.29) is 12.5 Å². The number of carbonyl (C=O) groups is 1. The molecule has 5 heteroatoms. The summed E-state index contributed by atoms with van der Waals surface area (Å²) >= 11 is 0. The van der Waals surface area contributed by atoms with Gasteiger partial charge in [-0.05, 0) is 55.3 Å². The Kier molecular flexibility index (Phi) is 4.88. The topological polar surface area (TPSA) is 72.2 Å². The van der Waals surface area contributed by atoms with Crippen LogP contribution in [0.1, 0.15) is 11.1 Å². The highest BCUT2D eigenvalue weighted by Crippen LogP contribution is 2.21. The molecule has 1 amide bonds. The number of benzene rings is 2. The summed E-state index contributed by atoms with van der Waals surface area (Å²) < 4.78 is 12.6. The van der Waals surface area contributed by atoms with E-state index in [1.54, 1.807) is 24.3 Å². The van der Waals surface area contributed by atoms with E-state index in [1.165, 1.54) is 0 Å². The van der Waals surface area contributed by atoms with Crippen LogP contribution < -0.4 is 11.1 Å². The molecule has 0 radical (unpaired) electrons. The zero-order valence-electron chi connectivity index (χ0n) is 12.1. The Balaban J connectivity index is 2.30. The number of amides is 1. The fourth-order valence-electron chi connectivity index (χ4n) is 2.08. The zero-order chi connectivity index (χ0) is 15.4. The molecule has 0 aromatic heterocycles. The Hall–Kier alpha value is -1.98. The van der Waals surface area contributed by atoms with Crippen molar-refractivity contribution in [3.8, 4) is 0 Å². The van der Waals surface area contributed by atoms with Crippen LogP contribution in [0.15, 0.2) is 52.3 Å². The second-order valence-electron chi connectivity index (χ2n) is 4.87. The summed E-state index contributed by atoms with van der Waals surface area (Å²) in [5.41, 5.74) is 8.02. The summed E-state index contributed by atoms with van der Waals surface area (Å²) in [7, 11) is -1.28. The van der Waals surface area contributed by atoms with Crippen molar-refractivity contribution in [2.75, 3.05) is 11.9 Å². The summed E-state index contributed by atoms with van der Waals surface area (Å²) in [5, 5.41) is 2.66. The molecule has 0 heterocycles. The Morgan fingerprint density at radius 3 is 2.38 bits per heavy atom. The maximum absolute atomic E-state index is 12.6. The van der Waals surface area contributed by atoms with Crippen molar-refractivity contribution in [3.05, 3.63) is 53.6 Å². The van der Waals surface area contributed by atoms with Gasteiger partial charge in [-0.3, -0.25) is 4.79 Å². The number of rotatable bonds is 4. The van der Waals surface area contributed by atoms with Crippen LogP contribution in [0.5, 0.6) is 0 Å². The lowest BCUT2D eigenvalue weighted by molar-refractivity contribution is -0.114. The van der Waals surface area contributed by atoms with Gasteiger partial charge in [0.2, 0.25) is 5.91 Å². The molecule has 3 N–H and O–H groups in total. The molecular formula is C16H18N2O2S. The molecule has 2 aromatic rings. The molecule has 2 aromatic carbocycles. The molecule has 0 bridgehead atoms. The van der Waals surface area contributed by atoms with Crippen molar-refractivity contribution in [1.82, 2.24) is 0 Å². The average Bonchev–Trinajstić information content (AvgIpc) is 2.45. The molecule has 1 atom stereocenters. The Morgan fingerprint density at radius 1 is 1.10 bits per heavy atom. The van der Waals surface area contributed by atoms with Crippen LogP contribution in [0.25, 0.3) is 0 Å². The van der Waals surface area contributed by atoms with E-state index in [0.717, 1.165) is 16.0 Å². The predicted octanol–water partition coefficient (Wildman–Crippen LogP) is 2.37. The molecule has 0 saturated carbocycles. The first kappa shape index (κ1) is 15.4. The molecule has 0 spiro atoms. The number of anilines is 1. The molecule has 110 valence electrons. The molecule has 0 saturated heterocycles. The van der Waals surface area contributed by atoms with Crippen LogP contribution >= 0.6 is 0 Å². The zero-order valence-corrected chi connectivity index (χ0v) is 12.9. The van der Waals surface area contributed by atoms with E-state index in [1.807, 2.05) is 32.0 Å². The standard InChI is InChI=1S/C16H18N2O2S/c1-11-6-12(2)8-15(7-11)21(20)14-5-3-4-13(9-14)18-16(19)10-17/h3-9H,10,17H2,1-2H3,(H,18,19). The largest absolute Gasteiger partial charge is 0.325 e. The minimum absolute atomic E-state index is 0.0790. The quantitative estimate of drug-likeness (QED) is 0.910. The number of hydrogen-bond donors (Lipinski definition) is 2. The van der Waals surface area contributed by atoms with Crippen molar-refractivity contribution in [2.45, 2.75) is 23.6 Å². The van der Waals surface area contributed by atoms with Gasteiger partial charge in [-0.2, -0.15) is 0 Å². The highest BCUT2D eigenvalue weighted by Gasteiger charge is 2.09. The normalized spacial score (nSPS) is 12.0. The summed E-state index contributed by atoms with van der Waals surface area (Å²) in [6.45, 7) is 3.88. The number of nitrogens with two attached hydrogens (primary N) is 1. The van der Waals surface area contributed by atoms with Crippen LogP contribution in [0.3, 0.4) is 0 Å². The van der Waals surface area contributed by atoms with Gasteiger partial charge in [0.05, 0.1) is 17.3 Å². The van der Waals surface area contributed by atoms with E-state index in [9.17, 15) is 9.00 Å². The van der Waals surface area contributed by atoms with Gasteiger partial charge >= 0.3 is 0 Å². The van der Waals surface area contributed by atoms with Crippen molar-refractivity contribution < 1.29 is 9.00 Å². The minimum atomic E-state index is -1.28. The van der Waals surface area contributed by atoms with Gasteiger partial charge < -0.3 is 11.1 Å². The molecule has 0 fully saturated rings. The number of hydrogen-bond acceptors (Lipinski definition) is 3. The lowest BCUT2D eigenvalue weighted by Gasteiger charge is -2.08. The third-order valence-corrected chi connectivity index (χ3v) is 4.27. The molecule has 21 heavy (non-hydrogen) atoms. The fraction of sp³-hybridized carbons (Fsp3) is 0.188. The maximum atomic E-state index is 12.6. The third kappa shape index (κ3) is 4.00. The van der Waals surface area contributed by atoms with Crippen molar-refractivity contribution >= 4 is 22.4 Å². The molecule has 2 rings (SSSR count). The van der Waals surface area contributed by atoms with Crippen LogP contribution in [0.4, 0.5) is 5.69 Å². The maximum Gasteiger partial charge on any atom is 0.238 e. The van der Waals surface area contributed by atoms with Gasteiger partial charge in [-0.1, -0.05) is 12.1 Å². The summed E-state index contributed by atoms with van der Waals surface area (Å²) in [4.78, 5) is 12.7. The lowest BCUT2D eigenvalue weighted by Crippen LogP contribution is -2.21. The molecule has 0 aliphatic rings. The van der Waals surface area contributed by atoms with E-state index < -0.39 is 10.8 Å². The summed E-state index contributed by atoms with van der Waals surface area (Å²) in [6.07, 6.45) is 0. The van der Waals surface area contributed by atoms with E-state index in [2.05, 4.69) is 5.32 Å². The smallest absolute Gasteiger partial charge is 0.238 e. The molecule has 1 unspecified atom stereocenters. The Labute approximate surface area is 126 Å². The number of nitrogens with one attached hydrogen (secondary N) is 1. The first-order valence-electron chi connectivity index (χ1n) is 6.59. The van der Waals surface area contributed by atoms with Gasteiger partial charge in [0.25, 0.3) is 0 Å². The van der Waals surface area contributed by atoms with E-state index >= 15 is 0 Å². The SMILES string of the molecule is Cc1cc(C)cc(S(=O)c2cccc(NC(=O)CN)c2)c1. The second-order valence-corrected chi connectivity index (χ2v) is 6.35. The number of carbonyl (C=O) groups excluding carboxylic acids is 1. The van der Waals surface area contributed by atoms with Gasteiger partial charge in [0, 0.05) is 15.5 Å². The minimum Gasteiger partial charge on any atom is -0.325 e. The molecule has 0 aliphatic heterocycles. The summed E-state index contributed by atoms with van der Waals surface area (Å²) in [6, 6.07) is 12.9. The number of aryl methyl sites for hydroxylation is 2. The average molecular weight is 302 g/mol.